The number of amides is 1. The minimum atomic E-state index is 0.0729. The van der Waals surface area contributed by atoms with Crippen LogP contribution in [0.3, 0.4) is 0 Å². The molecule has 1 amide bonds. The number of fused-ring (bicyclic) bond motifs is 1. The Labute approximate surface area is 172 Å². The molecule has 0 N–H and O–H groups in total. The Morgan fingerprint density at radius 2 is 2.10 bits per heavy atom. The Morgan fingerprint density at radius 1 is 1.24 bits per heavy atom. The van der Waals surface area contributed by atoms with Gasteiger partial charge in [0.25, 0.3) is 0 Å². The first-order valence-corrected chi connectivity index (χ1v) is 10.2. The van der Waals surface area contributed by atoms with E-state index in [0.29, 0.717) is 13.3 Å². The van der Waals surface area contributed by atoms with Crippen molar-refractivity contribution in [1.29, 1.82) is 0 Å². The Bertz CT molecular complexity index is 858. The van der Waals surface area contributed by atoms with E-state index in [9.17, 15) is 4.79 Å². The zero-order chi connectivity index (χ0) is 20.3. The van der Waals surface area contributed by atoms with Crippen LogP contribution in [-0.2, 0) is 17.8 Å². The van der Waals surface area contributed by atoms with E-state index < -0.39 is 0 Å². The molecule has 0 saturated carbocycles. The van der Waals surface area contributed by atoms with E-state index in [1.165, 1.54) is 5.56 Å². The van der Waals surface area contributed by atoms with Gasteiger partial charge < -0.3 is 14.4 Å². The highest BCUT2D eigenvalue weighted by atomic mass is 16.7. The molecule has 6 nitrogen and oxygen atoms in total. The average molecular weight is 396 g/mol. The summed E-state index contributed by atoms with van der Waals surface area (Å²) in [5.41, 5.74) is 2.43. The lowest BCUT2D eigenvalue weighted by molar-refractivity contribution is -0.135. The smallest absolute Gasteiger partial charge is 0.236 e. The molecule has 0 bridgehead atoms. The molecule has 0 radical (unpaired) electrons. The van der Waals surface area contributed by atoms with Crippen molar-refractivity contribution < 1.29 is 14.3 Å². The van der Waals surface area contributed by atoms with Crippen molar-refractivity contribution in [3.8, 4) is 11.5 Å². The van der Waals surface area contributed by atoms with Gasteiger partial charge >= 0.3 is 0 Å². The van der Waals surface area contributed by atoms with E-state index in [4.69, 9.17) is 9.47 Å². The number of benzene rings is 1. The summed E-state index contributed by atoms with van der Waals surface area (Å²) in [6, 6.07) is 10.1. The Kier molecular flexibility index (Phi) is 5.72. The molecule has 0 aliphatic carbocycles. The van der Waals surface area contributed by atoms with Crippen LogP contribution in [0, 0.1) is 5.41 Å². The lowest BCUT2D eigenvalue weighted by Crippen LogP contribution is -2.48. The lowest BCUT2D eigenvalue weighted by Gasteiger charge is -2.41. The van der Waals surface area contributed by atoms with Gasteiger partial charge in [-0.1, -0.05) is 19.1 Å². The molecule has 1 fully saturated rings. The first-order valence-electron chi connectivity index (χ1n) is 10.2. The molecule has 2 aromatic rings. The Balaban J connectivity index is 1.35. The van der Waals surface area contributed by atoms with Gasteiger partial charge in [0, 0.05) is 32.0 Å². The summed E-state index contributed by atoms with van der Waals surface area (Å²) in [7, 11) is 1.99. The number of piperidine rings is 1. The third-order valence-electron chi connectivity index (χ3n) is 5.78. The fourth-order valence-corrected chi connectivity index (χ4v) is 4.41. The largest absolute Gasteiger partial charge is 0.454 e. The second kappa shape index (κ2) is 8.41. The lowest BCUT2D eigenvalue weighted by atomic mass is 9.77. The molecular weight excluding hydrogens is 366 g/mol. The van der Waals surface area contributed by atoms with Gasteiger partial charge in [-0.2, -0.15) is 0 Å². The van der Waals surface area contributed by atoms with E-state index in [2.05, 4.69) is 28.9 Å². The molecule has 0 unspecified atom stereocenters. The van der Waals surface area contributed by atoms with Crippen LogP contribution in [0.2, 0.25) is 0 Å². The summed E-state index contributed by atoms with van der Waals surface area (Å²) in [6.07, 6.45) is 6.71. The van der Waals surface area contributed by atoms with Crippen molar-refractivity contribution in [2.75, 3.05) is 33.5 Å². The van der Waals surface area contributed by atoms with Crippen LogP contribution in [0.1, 0.15) is 30.9 Å². The topological polar surface area (TPSA) is 54.9 Å². The van der Waals surface area contributed by atoms with Crippen molar-refractivity contribution in [2.45, 2.75) is 32.7 Å². The van der Waals surface area contributed by atoms with Crippen molar-refractivity contribution in [1.82, 2.24) is 14.8 Å². The molecule has 1 atom stereocenters. The molecule has 2 aliphatic heterocycles. The van der Waals surface area contributed by atoms with Crippen LogP contribution in [0.5, 0.6) is 11.5 Å². The second-order valence-electron chi connectivity index (χ2n) is 8.63. The predicted octanol–water partition coefficient (Wildman–Crippen LogP) is 3.11. The molecule has 1 aromatic carbocycles. The zero-order valence-electron chi connectivity index (χ0n) is 17.3. The van der Waals surface area contributed by atoms with Gasteiger partial charge in [0.05, 0.1) is 6.54 Å². The Morgan fingerprint density at radius 3 is 2.93 bits per heavy atom. The van der Waals surface area contributed by atoms with E-state index in [0.717, 1.165) is 56.0 Å². The number of carbonyl (C=O) groups is 1. The number of hydrogen-bond donors (Lipinski definition) is 0. The second-order valence-corrected chi connectivity index (χ2v) is 8.63. The highest BCUT2D eigenvalue weighted by Gasteiger charge is 2.33. The van der Waals surface area contributed by atoms with Crippen molar-refractivity contribution in [2.24, 2.45) is 5.41 Å². The number of carbonyl (C=O) groups excluding carboxylic acids is 1. The summed E-state index contributed by atoms with van der Waals surface area (Å²) in [5, 5.41) is 0. The van der Waals surface area contributed by atoms with E-state index in [-0.39, 0.29) is 11.3 Å². The maximum Gasteiger partial charge on any atom is 0.236 e. The fraction of sp³-hybridized carbons (Fsp3) is 0.478. The normalized spacial score (nSPS) is 20.9. The van der Waals surface area contributed by atoms with Gasteiger partial charge in [0.1, 0.15) is 0 Å². The maximum absolute atomic E-state index is 12.9. The number of likely N-dealkylation sites (N-methyl/N-ethyl adjacent to an activating group) is 1. The number of hydrogen-bond acceptors (Lipinski definition) is 5. The highest BCUT2D eigenvalue weighted by Crippen LogP contribution is 2.37. The molecule has 2 aliphatic rings. The van der Waals surface area contributed by atoms with E-state index >= 15 is 0 Å². The van der Waals surface area contributed by atoms with Crippen LogP contribution in [0.25, 0.3) is 0 Å². The van der Waals surface area contributed by atoms with Gasteiger partial charge in [-0.15, -0.1) is 0 Å². The zero-order valence-corrected chi connectivity index (χ0v) is 17.3. The molecule has 6 heteroatoms. The monoisotopic (exact) mass is 395 g/mol. The summed E-state index contributed by atoms with van der Waals surface area (Å²) in [4.78, 5) is 21.2. The number of likely N-dealkylation sites (tertiary alicyclic amines) is 1. The molecule has 4 rings (SSSR count). The number of nitrogens with zero attached hydrogens (tertiary/aromatic N) is 3. The molecule has 29 heavy (non-hydrogen) atoms. The first-order chi connectivity index (χ1) is 14.0. The van der Waals surface area contributed by atoms with Crippen LogP contribution in [-0.4, -0.2) is 54.2 Å². The average Bonchev–Trinajstić information content (AvgIpc) is 3.16. The van der Waals surface area contributed by atoms with Crippen molar-refractivity contribution in [3.63, 3.8) is 0 Å². The molecule has 1 saturated heterocycles. The van der Waals surface area contributed by atoms with Crippen molar-refractivity contribution >= 4 is 5.91 Å². The van der Waals surface area contributed by atoms with Gasteiger partial charge in [-0.3, -0.25) is 14.7 Å². The van der Waals surface area contributed by atoms with Crippen LogP contribution in [0.15, 0.2) is 42.7 Å². The molecule has 0 spiro atoms. The van der Waals surface area contributed by atoms with Crippen LogP contribution >= 0.6 is 0 Å². The minimum absolute atomic E-state index is 0.0729. The van der Waals surface area contributed by atoms with Gasteiger partial charge in [-0.05, 0) is 61.1 Å². The summed E-state index contributed by atoms with van der Waals surface area (Å²) in [6.45, 7) is 5.37. The molecule has 3 heterocycles. The van der Waals surface area contributed by atoms with Gasteiger partial charge in [0.15, 0.2) is 11.5 Å². The fourth-order valence-electron chi connectivity index (χ4n) is 4.41. The summed E-state index contributed by atoms with van der Waals surface area (Å²) < 4.78 is 10.9. The van der Waals surface area contributed by atoms with Crippen molar-refractivity contribution in [3.05, 3.63) is 53.9 Å². The predicted molar refractivity (Wildman–Crippen MR) is 111 cm³/mol. The SMILES string of the molecule is CN(CC(=O)N1CCC[C@](C)(Cc2ccc3c(c2)OCO3)C1)Cc1cccnc1. The third kappa shape index (κ3) is 4.88. The number of rotatable bonds is 6. The minimum Gasteiger partial charge on any atom is -0.454 e. The Hall–Kier alpha value is -2.60. The number of aromatic nitrogens is 1. The van der Waals surface area contributed by atoms with Gasteiger partial charge in [0.2, 0.25) is 12.7 Å². The first kappa shape index (κ1) is 19.7. The number of pyridine rings is 1. The summed E-state index contributed by atoms with van der Waals surface area (Å²) in [5.74, 6) is 1.84. The molecular formula is C23H29N3O3. The van der Waals surface area contributed by atoms with E-state index in [1.54, 1.807) is 6.20 Å². The van der Waals surface area contributed by atoms with Crippen LogP contribution < -0.4 is 9.47 Å². The van der Waals surface area contributed by atoms with E-state index in [1.807, 2.05) is 36.3 Å². The number of ether oxygens (including phenoxy) is 2. The maximum atomic E-state index is 12.9. The van der Waals surface area contributed by atoms with Crippen LogP contribution in [0.4, 0.5) is 0 Å². The quantitative estimate of drug-likeness (QED) is 0.752. The standard InChI is InChI=1S/C23H29N3O3/c1-23(12-18-6-7-20-21(11-18)29-17-28-20)8-4-10-26(16-23)22(27)15-25(2)14-19-5-3-9-24-13-19/h3,5-7,9,11,13H,4,8,10,12,14-17H2,1-2H3/t23-/m1/s1. The molecule has 1 aromatic heterocycles. The third-order valence-corrected chi connectivity index (χ3v) is 5.78. The van der Waals surface area contributed by atoms with Gasteiger partial charge in [-0.25, -0.2) is 0 Å². The highest BCUT2D eigenvalue weighted by molar-refractivity contribution is 5.78. The molecule has 154 valence electrons. The summed E-state index contributed by atoms with van der Waals surface area (Å²) >= 11 is 0.